The van der Waals surface area contributed by atoms with Crippen molar-refractivity contribution < 1.29 is 14.6 Å². The van der Waals surface area contributed by atoms with E-state index in [0.717, 1.165) is 0 Å². The maximum absolute atomic E-state index is 11.9. The summed E-state index contributed by atoms with van der Waals surface area (Å²) in [5, 5.41) is 12.4. The molecule has 0 atom stereocenters. The molecule has 1 aromatic rings. The Labute approximate surface area is 107 Å². The van der Waals surface area contributed by atoms with Crippen LogP contribution in [0.2, 0.25) is 0 Å². The van der Waals surface area contributed by atoms with Crippen molar-refractivity contribution in [1.82, 2.24) is 5.32 Å². The second kappa shape index (κ2) is 5.73. The summed E-state index contributed by atoms with van der Waals surface area (Å²) >= 11 is 0. The lowest BCUT2D eigenvalue weighted by molar-refractivity contribution is -0.00817. The highest BCUT2D eigenvalue weighted by atomic mass is 16.5. The maximum atomic E-state index is 11.9. The second-order valence-corrected chi connectivity index (χ2v) is 4.62. The van der Waals surface area contributed by atoms with Crippen molar-refractivity contribution >= 4 is 11.6 Å². The van der Waals surface area contributed by atoms with E-state index in [1.165, 1.54) is 12.1 Å². The predicted octanol–water partition coefficient (Wildman–Crippen LogP) is 1.52. The largest absolute Gasteiger partial charge is 0.505 e. The number of aromatic hydroxyl groups is 1. The smallest absolute Gasteiger partial charge is 0.255 e. The Morgan fingerprint density at radius 2 is 2.17 bits per heavy atom. The molecule has 1 rings (SSSR count). The lowest BCUT2D eigenvalue weighted by Gasteiger charge is -2.25. The molecule has 0 aromatic heterocycles. The summed E-state index contributed by atoms with van der Waals surface area (Å²) in [5.74, 6) is -0.559. The quantitative estimate of drug-likeness (QED) is 0.548. The van der Waals surface area contributed by atoms with Gasteiger partial charge >= 0.3 is 0 Å². The van der Waals surface area contributed by atoms with Gasteiger partial charge in [-0.15, -0.1) is 0 Å². The van der Waals surface area contributed by atoms with E-state index in [9.17, 15) is 9.90 Å². The van der Waals surface area contributed by atoms with E-state index < -0.39 is 5.60 Å². The van der Waals surface area contributed by atoms with Crippen molar-refractivity contribution in [2.45, 2.75) is 26.4 Å². The van der Waals surface area contributed by atoms with Gasteiger partial charge in [0, 0.05) is 13.2 Å². The van der Waals surface area contributed by atoms with Crippen LogP contribution in [0, 0.1) is 0 Å². The zero-order valence-electron chi connectivity index (χ0n) is 11.0. The van der Waals surface area contributed by atoms with E-state index in [0.29, 0.717) is 13.2 Å². The van der Waals surface area contributed by atoms with Gasteiger partial charge in [0.1, 0.15) is 0 Å². The fourth-order valence-corrected chi connectivity index (χ4v) is 1.57. The average molecular weight is 252 g/mol. The molecule has 0 saturated carbocycles. The molecule has 5 nitrogen and oxygen atoms in total. The number of hydrogen-bond acceptors (Lipinski definition) is 4. The number of amides is 1. The lowest BCUT2D eigenvalue weighted by Crippen LogP contribution is -2.40. The first kappa shape index (κ1) is 14.3. The number of hydrogen-bond donors (Lipinski definition) is 3. The Morgan fingerprint density at radius 1 is 1.50 bits per heavy atom. The summed E-state index contributed by atoms with van der Waals surface area (Å²) in [6.07, 6.45) is 0. The van der Waals surface area contributed by atoms with E-state index in [2.05, 4.69) is 5.32 Å². The van der Waals surface area contributed by atoms with Gasteiger partial charge in [0.05, 0.1) is 16.9 Å². The van der Waals surface area contributed by atoms with Crippen molar-refractivity contribution in [3.05, 3.63) is 23.8 Å². The lowest BCUT2D eigenvalue weighted by atomic mass is 10.1. The first-order valence-electron chi connectivity index (χ1n) is 5.87. The number of rotatable bonds is 5. The zero-order chi connectivity index (χ0) is 13.8. The SMILES string of the molecule is CCOC(C)(C)CNC(=O)c1cccc(N)c1O. The summed E-state index contributed by atoms with van der Waals surface area (Å²) < 4.78 is 5.47. The Kier molecular flexibility index (Phi) is 4.55. The minimum Gasteiger partial charge on any atom is -0.505 e. The van der Waals surface area contributed by atoms with Gasteiger partial charge in [0.2, 0.25) is 0 Å². The summed E-state index contributed by atoms with van der Waals surface area (Å²) in [5.41, 5.74) is 5.44. The molecule has 0 radical (unpaired) electrons. The maximum Gasteiger partial charge on any atom is 0.255 e. The number of benzene rings is 1. The van der Waals surface area contributed by atoms with Crippen LogP contribution in [-0.4, -0.2) is 29.8 Å². The number of carbonyl (C=O) groups excluding carboxylic acids is 1. The molecular formula is C13H20N2O3. The summed E-state index contributed by atoms with van der Waals surface area (Å²) in [4.78, 5) is 11.9. The van der Waals surface area contributed by atoms with Crippen molar-refractivity contribution in [1.29, 1.82) is 0 Å². The topological polar surface area (TPSA) is 84.6 Å². The molecule has 100 valence electrons. The predicted molar refractivity (Wildman–Crippen MR) is 70.6 cm³/mol. The molecule has 0 heterocycles. The van der Waals surface area contributed by atoms with Gasteiger partial charge in [-0.05, 0) is 32.9 Å². The molecule has 18 heavy (non-hydrogen) atoms. The van der Waals surface area contributed by atoms with Crippen LogP contribution in [0.4, 0.5) is 5.69 Å². The average Bonchev–Trinajstić information content (AvgIpc) is 2.30. The number of nitrogens with one attached hydrogen (secondary N) is 1. The number of nitrogens with two attached hydrogens (primary N) is 1. The number of phenolic OH excluding ortho intramolecular Hbond substituents is 1. The first-order valence-corrected chi connectivity index (χ1v) is 5.87. The Hall–Kier alpha value is -1.75. The van der Waals surface area contributed by atoms with Crippen LogP contribution >= 0.6 is 0 Å². The van der Waals surface area contributed by atoms with E-state index in [-0.39, 0.29) is 22.9 Å². The van der Waals surface area contributed by atoms with Gasteiger partial charge in [0.15, 0.2) is 5.75 Å². The molecule has 0 fully saturated rings. The number of nitrogen functional groups attached to an aromatic ring is 1. The molecule has 1 aromatic carbocycles. The molecule has 0 bridgehead atoms. The number of phenols is 1. The van der Waals surface area contributed by atoms with Crippen molar-refractivity contribution in [2.75, 3.05) is 18.9 Å². The third-order valence-electron chi connectivity index (χ3n) is 2.52. The van der Waals surface area contributed by atoms with Crippen LogP contribution in [0.5, 0.6) is 5.75 Å². The number of para-hydroxylation sites is 1. The van der Waals surface area contributed by atoms with Crippen LogP contribution in [0.1, 0.15) is 31.1 Å². The minimum absolute atomic E-state index is 0.169. The first-order chi connectivity index (χ1) is 8.37. The number of ether oxygens (including phenoxy) is 1. The Bertz CT molecular complexity index is 430. The molecule has 5 heteroatoms. The molecular weight excluding hydrogens is 232 g/mol. The van der Waals surface area contributed by atoms with Gasteiger partial charge in [-0.1, -0.05) is 6.07 Å². The molecule has 0 saturated heterocycles. The van der Waals surface area contributed by atoms with Gasteiger partial charge in [-0.2, -0.15) is 0 Å². The molecule has 1 amide bonds. The van der Waals surface area contributed by atoms with Crippen LogP contribution in [-0.2, 0) is 4.74 Å². The monoisotopic (exact) mass is 252 g/mol. The minimum atomic E-state index is -0.444. The van der Waals surface area contributed by atoms with Crippen molar-refractivity contribution in [3.8, 4) is 5.75 Å². The van der Waals surface area contributed by atoms with E-state index >= 15 is 0 Å². The molecule has 0 spiro atoms. The van der Waals surface area contributed by atoms with Crippen LogP contribution < -0.4 is 11.1 Å². The molecule has 0 aliphatic carbocycles. The standard InChI is InChI=1S/C13H20N2O3/c1-4-18-13(2,3)8-15-12(17)9-6-5-7-10(14)11(9)16/h5-7,16H,4,8,14H2,1-3H3,(H,15,17). The highest BCUT2D eigenvalue weighted by Crippen LogP contribution is 2.24. The van der Waals surface area contributed by atoms with E-state index in [1.807, 2.05) is 20.8 Å². The fourth-order valence-electron chi connectivity index (χ4n) is 1.57. The Balaban J connectivity index is 2.69. The number of anilines is 1. The van der Waals surface area contributed by atoms with Crippen LogP contribution in [0.3, 0.4) is 0 Å². The number of carbonyl (C=O) groups is 1. The molecule has 0 unspecified atom stereocenters. The third kappa shape index (κ3) is 3.63. The van der Waals surface area contributed by atoms with Crippen LogP contribution in [0.25, 0.3) is 0 Å². The molecule has 0 aliphatic rings. The van der Waals surface area contributed by atoms with Gasteiger partial charge in [-0.25, -0.2) is 0 Å². The normalized spacial score (nSPS) is 11.3. The van der Waals surface area contributed by atoms with Gasteiger partial charge in [0.25, 0.3) is 5.91 Å². The van der Waals surface area contributed by atoms with Crippen molar-refractivity contribution in [3.63, 3.8) is 0 Å². The summed E-state index contributed by atoms with van der Waals surface area (Å²) in [7, 11) is 0. The third-order valence-corrected chi connectivity index (χ3v) is 2.52. The van der Waals surface area contributed by atoms with Crippen molar-refractivity contribution in [2.24, 2.45) is 0 Å². The van der Waals surface area contributed by atoms with E-state index in [1.54, 1.807) is 6.07 Å². The Morgan fingerprint density at radius 3 is 2.78 bits per heavy atom. The molecule has 4 N–H and O–H groups in total. The summed E-state index contributed by atoms with van der Waals surface area (Å²) in [6, 6.07) is 4.68. The zero-order valence-corrected chi connectivity index (χ0v) is 11.0. The van der Waals surface area contributed by atoms with Crippen LogP contribution in [0.15, 0.2) is 18.2 Å². The molecule has 0 aliphatic heterocycles. The van der Waals surface area contributed by atoms with Gasteiger partial charge in [-0.3, -0.25) is 4.79 Å². The second-order valence-electron chi connectivity index (χ2n) is 4.62. The summed E-state index contributed by atoms with van der Waals surface area (Å²) in [6.45, 7) is 6.60. The highest BCUT2D eigenvalue weighted by molar-refractivity contribution is 5.98. The fraction of sp³-hybridized carbons (Fsp3) is 0.462. The van der Waals surface area contributed by atoms with Gasteiger partial charge < -0.3 is 20.9 Å². The highest BCUT2D eigenvalue weighted by Gasteiger charge is 2.20. The van der Waals surface area contributed by atoms with E-state index in [4.69, 9.17) is 10.5 Å².